The number of hydrogen-bond donors (Lipinski definition) is 1. The molecular formula is C26H21BrCl2N2O4. The Balaban J connectivity index is 1.65. The molecule has 0 aromatic heterocycles. The molecule has 180 valence electrons. The summed E-state index contributed by atoms with van der Waals surface area (Å²) in [5, 5.41) is 4.77. The average molecular weight is 576 g/mol. The van der Waals surface area contributed by atoms with Gasteiger partial charge in [-0.25, -0.2) is 10.2 Å². The highest BCUT2D eigenvalue weighted by Gasteiger charge is 2.19. The first-order valence-electron chi connectivity index (χ1n) is 10.5. The summed E-state index contributed by atoms with van der Waals surface area (Å²) in [4.78, 5) is 24.9. The highest BCUT2D eigenvalue weighted by molar-refractivity contribution is 9.10. The summed E-state index contributed by atoms with van der Waals surface area (Å²) >= 11 is 15.4. The lowest BCUT2D eigenvalue weighted by atomic mass is 10.2. The highest BCUT2D eigenvalue weighted by Crippen LogP contribution is 2.28. The Kier molecular flexibility index (Phi) is 9.90. The van der Waals surface area contributed by atoms with Crippen LogP contribution in [0.15, 0.2) is 82.4 Å². The largest absolute Gasteiger partial charge is 0.479 e. The number of esters is 1. The highest BCUT2D eigenvalue weighted by atomic mass is 79.9. The van der Waals surface area contributed by atoms with Crippen molar-refractivity contribution in [1.82, 2.24) is 5.43 Å². The average Bonchev–Trinajstić information content (AvgIpc) is 2.84. The number of halogens is 3. The maximum Gasteiger partial charge on any atom is 0.336 e. The van der Waals surface area contributed by atoms with Gasteiger partial charge in [0.25, 0.3) is 5.91 Å². The van der Waals surface area contributed by atoms with Crippen LogP contribution in [0.3, 0.4) is 0 Å². The van der Waals surface area contributed by atoms with Crippen LogP contribution in [-0.2, 0) is 9.59 Å². The number of benzene rings is 3. The molecule has 3 rings (SSSR count). The van der Waals surface area contributed by atoms with E-state index in [4.69, 9.17) is 32.7 Å². The Bertz CT molecular complexity index is 1250. The van der Waals surface area contributed by atoms with E-state index in [0.29, 0.717) is 27.8 Å². The van der Waals surface area contributed by atoms with E-state index >= 15 is 0 Å². The number of amides is 1. The summed E-state index contributed by atoms with van der Waals surface area (Å²) in [5.74, 6) is -0.389. The zero-order valence-corrected chi connectivity index (χ0v) is 21.7. The monoisotopic (exact) mass is 574 g/mol. The number of ether oxygens (including phenoxy) is 2. The molecule has 0 aliphatic heterocycles. The van der Waals surface area contributed by atoms with Gasteiger partial charge in [0.05, 0.1) is 11.2 Å². The molecule has 35 heavy (non-hydrogen) atoms. The Morgan fingerprint density at radius 1 is 1.06 bits per heavy atom. The fourth-order valence-electron chi connectivity index (χ4n) is 2.87. The van der Waals surface area contributed by atoms with Gasteiger partial charge in [-0.15, -0.1) is 0 Å². The second-order valence-corrected chi connectivity index (χ2v) is 8.93. The number of carbonyl (C=O) groups excluding carboxylic acids is 2. The lowest BCUT2D eigenvalue weighted by molar-refractivity contribution is -0.129. The van der Waals surface area contributed by atoms with Crippen molar-refractivity contribution >= 4 is 63.3 Å². The van der Waals surface area contributed by atoms with E-state index in [0.717, 1.165) is 10.0 Å². The van der Waals surface area contributed by atoms with Crippen LogP contribution in [-0.4, -0.2) is 24.2 Å². The van der Waals surface area contributed by atoms with Crippen LogP contribution in [0.4, 0.5) is 0 Å². The van der Waals surface area contributed by atoms with E-state index in [1.807, 2.05) is 30.3 Å². The molecular weight excluding hydrogens is 555 g/mol. The normalized spacial score (nSPS) is 12.0. The molecule has 0 unspecified atom stereocenters. The fraction of sp³-hybridized carbons (Fsp3) is 0.115. The molecule has 9 heteroatoms. The minimum atomic E-state index is -0.825. The summed E-state index contributed by atoms with van der Waals surface area (Å²) in [5.41, 5.74) is 3.80. The molecule has 3 aromatic rings. The molecule has 1 amide bonds. The summed E-state index contributed by atoms with van der Waals surface area (Å²) in [6.07, 6.45) is 3.94. The van der Waals surface area contributed by atoms with Crippen molar-refractivity contribution in [3.05, 3.63) is 98.5 Å². The molecule has 0 fully saturated rings. The minimum Gasteiger partial charge on any atom is -0.479 e. The Labute approximate surface area is 221 Å². The predicted molar refractivity (Wildman–Crippen MR) is 142 cm³/mol. The maximum absolute atomic E-state index is 12.6. The van der Waals surface area contributed by atoms with Crippen molar-refractivity contribution in [1.29, 1.82) is 0 Å². The number of carbonyl (C=O) groups is 2. The molecule has 1 N–H and O–H groups in total. The quantitative estimate of drug-likeness (QED) is 0.101. The molecule has 0 saturated carbocycles. The van der Waals surface area contributed by atoms with Crippen molar-refractivity contribution in [2.75, 3.05) is 0 Å². The Hall–Kier alpha value is -3.13. The zero-order valence-electron chi connectivity index (χ0n) is 18.6. The lowest BCUT2D eigenvalue weighted by Crippen LogP contribution is -2.35. The first kappa shape index (κ1) is 26.5. The molecule has 3 aromatic carbocycles. The van der Waals surface area contributed by atoms with Gasteiger partial charge >= 0.3 is 5.97 Å². The van der Waals surface area contributed by atoms with Crippen LogP contribution in [0, 0.1) is 0 Å². The molecule has 0 aliphatic rings. The van der Waals surface area contributed by atoms with Crippen LogP contribution in [0.25, 0.3) is 6.08 Å². The molecule has 6 nitrogen and oxygen atoms in total. The van der Waals surface area contributed by atoms with E-state index < -0.39 is 18.0 Å². The van der Waals surface area contributed by atoms with Crippen molar-refractivity contribution in [2.45, 2.75) is 19.4 Å². The standard InChI is InChI=1S/C26H21BrCl2N2O4/c1-2-22(34-24-12-10-20(28)15-21(24)29)26(33)31-30-16-18-14-19(27)9-11-23(18)35-25(32)13-8-17-6-4-3-5-7-17/h3-16,22H,2H2,1H3,(H,31,33)/b13-8+,30-16-/t22-/m0/s1. The predicted octanol–water partition coefficient (Wildman–Crippen LogP) is 6.68. The van der Waals surface area contributed by atoms with Gasteiger partial charge in [-0.2, -0.15) is 5.10 Å². The molecule has 0 aliphatic carbocycles. The third-order valence-corrected chi connectivity index (χ3v) is 5.62. The van der Waals surface area contributed by atoms with E-state index in [1.165, 1.54) is 18.4 Å². The third-order valence-electron chi connectivity index (χ3n) is 4.60. The number of hydrogen-bond acceptors (Lipinski definition) is 5. The van der Waals surface area contributed by atoms with Crippen LogP contribution >= 0.6 is 39.1 Å². The van der Waals surface area contributed by atoms with E-state index in [-0.39, 0.29) is 5.75 Å². The Morgan fingerprint density at radius 3 is 2.51 bits per heavy atom. The van der Waals surface area contributed by atoms with E-state index in [1.54, 1.807) is 43.3 Å². The lowest BCUT2D eigenvalue weighted by Gasteiger charge is -2.16. The van der Waals surface area contributed by atoms with Gasteiger partial charge in [-0.3, -0.25) is 4.79 Å². The summed E-state index contributed by atoms with van der Waals surface area (Å²) in [6, 6.07) is 19.2. The van der Waals surface area contributed by atoms with Crippen molar-refractivity contribution < 1.29 is 19.1 Å². The van der Waals surface area contributed by atoms with Gasteiger partial charge in [-0.05, 0) is 54.5 Å². The smallest absolute Gasteiger partial charge is 0.336 e. The minimum absolute atomic E-state index is 0.283. The topological polar surface area (TPSA) is 77.0 Å². The number of nitrogens with one attached hydrogen (secondary N) is 1. The van der Waals surface area contributed by atoms with Crippen molar-refractivity contribution in [3.8, 4) is 11.5 Å². The van der Waals surface area contributed by atoms with E-state index in [9.17, 15) is 9.59 Å². The molecule has 0 bridgehead atoms. The number of hydrazone groups is 1. The zero-order chi connectivity index (χ0) is 25.2. The summed E-state index contributed by atoms with van der Waals surface area (Å²) in [7, 11) is 0. The van der Waals surface area contributed by atoms with Crippen LogP contribution < -0.4 is 14.9 Å². The second-order valence-electron chi connectivity index (χ2n) is 7.17. The van der Waals surface area contributed by atoms with Gasteiger partial charge < -0.3 is 9.47 Å². The fourth-order valence-corrected chi connectivity index (χ4v) is 3.70. The molecule has 0 saturated heterocycles. The second kappa shape index (κ2) is 13.1. The summed E-state index contributed by atoms with van der Waals surface area (Å²) in [6.45, 7) is 1.80. The van der Waals surface area contributed by atoms with Gasteiger partial charge in [-0.1, -0.05) is 76.4 Å². The van der Waals surface area contributed by atoms with Gasteiger partial charge in [0, 0.05) is 21.1 Å². The van der Waals surface area contributed by atoms with Crippen LogP contribution in [0.5, 0.6) is 11.5 Å². The maximum atomic E-state index is 12.6. The van der Waals surface area contributed by atoms with Crippen molar-refractivity contribution in [2.24, 2.45) is 5.10 Å². The molecule has 0 radical (unpaired) electrons. The number of nitrogens with zero attached hydrogens (tertiary/aromatic N) is 1. The van der Waals surface area contributed by atoms with Crippen LogP contribution in [0.2, 0.25) is 10.0 Å². The first-order chi connectivity index (χ1) is 16.9. The molecule has 0 heterocycles. The van der Waals surface area contributed by atoms with E-state index in [2.05, 4.69) is 26.5 Å². The number of rotatable bonds is 9. The summed E-state index contributed by atoms with van der Waals surface area (Å²) < 4.78 is 11.9. The van der Waals surface area contributed by atoms with Crippen molar-refractivity contribution in [3.63, 3.8) is 0 Å². The SMILES string of the molecule is CC[C@H](Oc1ccc(Cl)cc1Cl)C(=O)N/N=C\c1cc(Br)ccc1OC(=O)/C=C/c1ccccc1. The van der Waals surface area contributed by atoms with Crippen LogP contribution in [0.1, 0.15) is 24.5 Å². The molecule has 1 atom stereocenters. The van der Waals surface area contributed by atoms with Gasteiger partial charge in [0.15, 0.2) is 6.10 Å². The third kappa shape index (κ3) is 8.24. The van der Waals surface area contributed by atoms with Gasteiger partial charge in [0.1, 0.15) is 11.5 Å². The van der Waals surface area contributed by atoms with Gasteiger partial charge in [0.2, 0.25) is 0 Å². The first-order valence-corrected chi connectivity index (χ1v) is 12.1. The molecule has 0 spiro atoms. The Morgan fingerprint density at radius 2 is 1.80 bits per heavy atom.